The highest BCUT2D eigenvalue weighted by atomic mass is 16.3. The van der Waals surface area contributed by atoms with Crippen LogP contribution in [0.15, 0.2) is 0 Å². The predicted molar refractivity (Wildman–Crippen MR) is 44.3 cm³/mol. The zero-order valence-electron chi connectivity index (χ0n) is 6.97. The summed E-state index contributed by atoms with van der Waals surface area (Å²) in [6.45, 7) is 2.80. The molecule has 1 saturated carbocycles. The maximum absolute atomic E-state index is 8.99. The van der Waals surface area contributed by atoms with Crippen LogP contribution in [-0.4, -0.2) is 24.8 Å². The quantitative estimate of drug-likeness (QED) is 0.586. The molecule has 0 radical (unpaired) electrons. The van der Waals surface area contributed by atoms with E-state index in [1.54, 1.807) is 0 Å². The molecule has 0 aromatic heterocycles. The second-order valence-electron chi connectivity index (χ2n) is 4.22. The molecule has 2 rings (SSSR count). The Labute approximate surface area is 68.0 Å². The van der Waals surface area contributed by atoms with E-state index in [1.807, 2.05) is 0 Å². The zero-order chi connectivity index (χ0) is 7.73. The molecule has 0 unspecified atom stereocenters. The molecule has 0 amide bonds. The van der Waals surface area contributed by atoms with Crippen molar-refractivity contribution in [3.8, 4) is 0 Å². The van der Waals surface area contributed by atoms with Gasteiger partial charge in [0.05, 0.1) is 0 Å². The van der Waals surface area contributed by atoms with Crippen molar-refractivity contribution in [1.29, 1.82) is 0 Å². The smallest absolute Gasteiger partial charge is 0.0459 e. The molecule has 0 aromatic carbocycles. The van der Waals surface area contributed by atoms with E-state index in [0.717, 1.165) is 0 Å². The molecule has 0 aromatic rings. The van der Waals surface area contributed by atoms with Gasteiger partial charge < -0.3 is 10.4 Å². The maximum Gasteiger partial charge on any atom is 0.0459 e. The second-order valence-corrected chi connectivity index (χ2v) is 4.22. The zero-order valence-corrected chi connectivity index (χ0v) is 6.97. The van der Waals surface area contributed by atoms with Crippen LogP contribution in [0.2, 0.25) is 0 Å². The third-order valence-corrected chi connectivity index (χ3v) is 3.39. The largest absolute Gasteiger partial charge is 0.396 e. The minimum Gasteiger partial charge on any atom is -0.396 e. The lowest BCUT2D eigenvalue weighted by atomic mass is 9.85. The molecule has 1 aliphatic heterocycles. The first-order valence-corrected chi connectivity index (χ1v) is 4.66. The summed E-state index contributed by atoms with van der Waals surface area (Å²) in [6.07, 6.45) is 5.18. The van der Waals surface area contributed by atoms with E-state index in [0.29, 0.717) is 17.9 Å². The van der Waals surface area contributed by atoms with Gasteiger partial charge >= 0.3 is 0 Å². The van der Waals surface area contributed by atoms with Gasteiger partial charge in [0, 0.05) is 13.2 Å². The summed E-state index contributed by atoms with van der Waals surface area (Å²) in [7, 11) is 0. The lowest BCUT2D eigenvalue weighted by Gasteiger charge is -2.21. The average molecular weight is 155 g/mol. The summed E-state index contributed by atoms with van der Waals surface area (Å²) in [4.78, 5) is 0. The first kappa shape index (κ1) is 7.56. The van der Waals surface area contributed by atoms with Crippen molar-refractivity contribution in [3.05, 3.63) is 0 Å². The van der Waals surface area contributed by atoms with Crippen LogP contribution >= 0.6 is 0 Å². The average Bonchev–Trinajstić information content (AvgIpc) is 2.62. The Kier molecular flexibility index (Phi) is 1.90. The summed E-state index contributed by atoms with van der Waals surface area (Å²) >= 11 is 0. The molecule has 1 saturated heterocycles. The van der Waals surface area contributed by atoms with Crippen LogP contribution in [0.5, 0.6) is 0 Å². The van der Waals surface area contributed by atoms with Crippen LogP contribution in [0.25, 0.3) is 0 Å². The molecule has 2 aliphatic rings. The summed E-state index contributed by atoms with van der Waals surface area (Å²) in [5.41, 5.74) is 0.591. The molecule has 1 heterocycles. The Balaban J connectivity index is 1.96. The Morgan fingerprint density at radius 1 is 1.45 bits per heavy atom. The van der Waals surface area contributed by atoms with Crippen LogP contribution in [0.3, 0.4) is 0 Å². The fraction of sp³-hybridized carbons (Fsp3) is 1.00. The van der Waals surface area contributed by atoms with Gasteiger partial charge in [0.1, 0.15) is 0 Å². The third-order valence-electron chi connectivity index (χ3n) is 3.39. The highest BCUT2D eigenvalue weighted by Gasteiger charge is 2.40. The van der Waals surface area contributed by atoms with Crippen LogP contribution in [0, 0.1) is 11.3 Å². The normalized spacial score (nSPS) is 43.9. The Morgan fingerprint density at radius 3 is 2.91 bits per heavy atom. The van der Waals surface area contributed by atoms with E-state index in [9.17, 15) is 0 Å². The van der Waals surface area contributed by atoms with Gasteiger partial charge in [-0.1, -0.05) is 0 Å². The summed E-state index contributed by atoms with van der Waals surface area (Å²) < 4.78 is 0. The molecule has 2 heteroatoms. The maximum atomic E-state index is 8.99. The van der Waals surface area contributed by atoms with Gasteiger partial charge in [-0.3, -0.25) is 0 Å². The van der Waals surface area contributed by atoms with Gasteiger partial charge in [0.15, 0.2) is 0 Å². The summed E-state index contributed by atoms with van der Waals surface area (Å²) in [6, 6.07) is 0. The summed E-state index contributed by atoms with van der Waals surface area (Å²) in [5.74, 6) is 0.606. The van der Waals surface area contributed by atoms with Gasteiger partial charge in [-0.15, -0.1) is 0 Å². The fourth-order valence-electron chi connectivity index (χ4n) is 2.67. The molecule has 64 valence electrons. The second kappa shape index (κ2) is 2.76. The van der Waals surface area contributed by atoms with Crippen LogP contribution in [-0.2, 0) is 0 Å². The highest BCUT2D eigenvalue weighted by Crippen LogP contribution is 2.45. The number of nitrogens with one attached hydrogen (secondary N) is 1. The minimum absolute atomic E-state index is 0.405. The Morgan fingerprint density at radius 2 is 2.36 bits per heavy atom. The number of rotatable bonds is 1. The van der Waals surface area contributed by atoms with E-state index in [2.05, 4.69) is 5.32 Å². The van der Waals surface area contributed by atoms with Crippen molar-refractivity contribution in [2.45, 2.75) is 25.7 Å². The molecule has 11 heavy (non-hydrogen) atoms. The molecule has 2 atom stereocenters. The SMILES string of the molecule is OC[C@H]1CC[C@]2(CCNC2)C1. The molecule has 2 N–H and O–H groups in total. The van der Waals surface area contributed by atoms with Gasteiger partial charge in [-0.25, -0.2) is 0 Å². The van der Waals surface area contributed by atoms with Crippen molar-refractivity contribution < 1.29 is 5.11 Å². The van der Waals surface area contributed by atoms with E-state index < -0.39 is 0 Å². The van der Waals surface area contributed by atoms with Crippen LogP contribution in [0.4, 0.5) is 0 Å². The third kappa shape index (κ3) is 1.30. The van der Waals surface area contributed by atoms with Crippen molar-refractivity contribution in [2.24, 2.45) is 11.3 Å². The Hall–Kier alpha value is -0.0800. The van der Waals surface area contributed by atoms with E-state index in [-0.39, 0.29) is 0 Å². The molecule has 2 nitrogen and oxygen atoms in total. The first-order chi connectivity index (χ1) is 5.35. The molecular weight excluding hydrogens is 138 g/mol. The lowest BCUT2D eigenvalue weighted by Crippen LogP contribution is -2.20. The van der Waals surface area contributed by atoms with Crippen molar-refractivity contribution in [2.75, 3.05) is 19.7 Å². The van der Waals surface area contributed by atoms with Gasteiger partial charge in [-0.05, 0) is 43.6 Å². The number of aliphatic hydroxyl groups is 1. The van der Waals surface area contributed by atoms with Gasteiger partial charge in [0.2, 0.25) is 0 Å². The minimum atomic E-state index is 0.405. The standard InChI is InChI=1S/C9H17NO/c11-6-8-1-2-9(5-8)3-4-10-7-9/h8,10-11H,1-7H2/t8-,9-/m0/s1. The van der Waals surface area contributed by atoms with E-state index in [1.165, 1.54) is 38.8 Å². The lowest BCUT2D eigenvalue weighted by molar-refractivity contribution is 0.213. The molecular formula is C9H17NO. The van der Waals surface area contributed by atoms with Crippen molar-refractivity contribution >= 4 is 0 Å². The van der Waals surface area contributed by atoms with Crippen LogP contribution < -0.4 is 5.32 Å². The van der Waals surface area contributed by atoms with Crippen molar-refractivity contribution in [1.82, 2.24) is 5.32 Å². The molecule has 1 aliphatic carbocycles. The van der Waals surface area contributed by atoms with Crippen LogP contribution in [0.1, 0.15) is 25.7 Å². The Bertz CT molecular complexity index is 140. The van der Waals surface area contributed by atoms with Gasteiger partial charge in [0.25, 0.3) is 0 Å². The molecule has 1 spiro atoms. The topological polar surface area (TPSA) is 32.3 Å². The molecule has 2 fully saturated rings. The highest BCUT2D eigenvalue weighted by molar-refractivity contribution is 4.94. The van der Waals surface area contributed by atoms with Gasteiger partial charge in [-0.2, -0.15) is 0 Å². The number of aliphatic hydroxyl groups excluding tert-OH is 1. The fourth-order valence-corrected chi connectivity index (χ4v) is 2.67. The molecule has 0 bridgehead atoms. The number of hydrogen-bond acceptors (Lipinski definition) is 2. The van der Waals surface area contributed by atoms with Crippen molar-refractivity contribution in [3.63, 3.8) is 0 Å². The first-order valence-electron chi connectivity index (χ1n) is 4.66. The monoisotopic (exact) mass is 155 g/mol. The number of hydrogen-bond donors (Lipinski definition) is 2. The van der Waals surface area contributed by atoms with E-state index >= 15 is 0 Å². The summed E-state index contributed by atoms with van der Waals surface area (Å²) in [5, 5.41) is 12.4. The van der Waals surface area contributed by atoms with E-state index in [4.69, 9.17) is 5.11 Å². The predicted octanol–water partition coefficient (Wildman–Crippen LogP) is 0.758.